The number of hydrogen-bond donors (Lipinski definition) is 0. The van der Waals surface area contributed by atoms with E-state index in [4.69, 9.17) is 4.74 Å². The van der Waals surface area contributed by atoms with Crippen molar-refractivity contribution in [2.24, 2.45) is 0 Å². The number of ether oxygens (including phenoxy) is 1. The molecule has 0 atom stereocenters. The van der Waals surface area contributed by atoms with Crippen LogP contribution >= 0.6 is 0 Å². The Kier molecular flexibility index (Phi) is 7.23. The third-order valence-corrected chi connectivity index (χ3v) is 4.71. The van der Waals surface area contributed by atoms with Crippen LogP contribution in [-0.2, 0) is 6.42 Å². The van der Waals surface area contributed by atoms with E-state index >= 15 is 0 Å². The van der Waals surface area contributed by atoms with Crippen molar-refractivity contribution in [3.05, 3.63) is 102 Å². The zero-order valence-electron chi connectivity index (χ0n) is 17.0. The number of carbonyl (C=O) groups is 1. The molecule has 3 rings (SSSR count). The Labute approximate surface area is 173 Å². The molecule has 0 saturated carbocycles. The van der Waals surface area contributed by atoms with Crippen molar-refractivity contribution in [3.8, 4) is 5.75 Å². The molecule has 0 bridgehead atoms. The highest BCUT2D eigenvalue weighted by Crippen LogP contribution is 2.22. The molecule has 148 valence electrons. The molecule has 1 amide bonds. The molecular weight excluding hydrogens is 358 g/mol. The van der Waals surface area contributed by atoms with E-state index in [1.165, 1.54) is 5.56 Å². The molecule has 3 aromatic carbocycles. The van der Waals surface area contributed by atoms with Gasteiger partial charge in [-0.05, 0) is 60.9 Å². The van der Waals surface area contributed by atoms with E-state index in [1.807, 2.05) is 97.9 Å². The first kappa shape index (κ1) is 20.4. The summed E-state index contributed by atoms with van der Waals surface area (Å²) >= 11 is 0. The van der Waals surface area contributed by atoms with Gasteiger partial charge in [0, 0.05) is 17.8 Å². The van der Waals surface area contributed by atoms with Crippen molar-refractivity contribution in [2.75, 3.05) is 18.1 Å². The van der Waals surface area contributed by atoms with Gasteiger partial charge < -0.3 is 9.64 Å². The monoisotopic (exact) mass is 385 g/mol. The largest absolute Gasteiger partial charge is 0.494 e. The van der Waals surface area contributed by atoms with Gasteiger partial charge in [0.15, 0.2) is 0 Å². The van der Waals surface area contributed by atoms with Gasteiger partial charge in [-0.1, -0.05) is 61.5 Å². The normalized spacial score (nSPS) is 10.8. The van der Waals surface area contributed by atoms with Crippen molar-refractivity contribution in [3.63, 3.8) is 0 Å². The van der Waals surface area contributed by atoms with Crippen LogP contribution in [0.4, 0.5) is 5.69 Å². The van der Waals surface area contributed by atoms with Gasteiger partial charge in [-0.25, -0.2) is 0 Å². The molecule has 0 N–H and O–H groups in total. The summed E-state index contributed by atoms with van der Waals surface area (Å²) in [5.41, 5.74) is 3.86. The molecule has 0 radical (unpaired) electrons. The van der Waals surface area contributed by atoms with Crippen molar-refractivity contribution in [1.29, 1.82) is 0 Å². The van der Waals surface area contributed by atoms with E-state index in [0.717, 1.165) is 23.4 Å². The summed E-state index contributed by atoms with van der Waals surface area (Å²) in [5, 5.41) is 0. The lowest BCUT2D eigenvalue weighted by atomic mass is 10.1. The molecule has 0 spiro atoms. The molecule has 3 heteroatoms. The number of hydrogen-bond acceptors (Lipinski definition) is 2. The molecule has 3 aromatic rings. The Hall–Kier alpha value is -3.33. The SMILES string of the molecule is CCOc1ccc(N(C/C=C/c2ccccc2)C(=O)c2ccc(CC)cc2)cc1. The van der Waals surface area contributed by atoms with Crippen molar-refractivity contribution in [2.45, 2.75) is 20.3 Å². The Morgan fingerprint density at radius 1 is 0.897 bits per heavy atom. The number of benzene rings is 3. The molecule has 0 aliphatic heterocycles. The minimum atomic E-state index is -0.0190. The van der Waals surface area contributed by atoms with Gasteiger partial charge in [0.25, 0.3) is 5.91 Å². The number of carbonyl (C=O) groups excluding carboxylic acids is 1. The molecule has 0 aromatic heterocycles. The summed E-state index contributed by atoms with van der Waals surface area (Å²) in [6.45, 7) is 5.17. The van der Waals surface area contributed by atoms with E-state index in [1.54, 1.807) is 4.90 Å². The lowest BCUT2D eigenvalue weighted by molar-refractivity contribution is 0.0989. The zero-order valence-corrected chi connectivity index (χ0v) is 17.0. The molecule has 0 aliphatic rings. The summed E-state index contributed by atoms with van der Waals surface area (Å²) in [7, 11) is 0. The molecule has 0 fully saturated rings. The predicted molar refractivity (Wildman–Crippen MR) is 121 cm³/mol. The summed E-state index contributed by atoms with van der Waals surface area (Å²) < 4.78 is 5.53. The van der Waals surface area contributed by atoms with E-state index in [0.29, 0.717) is 18.7 Å². The van der Waals surface area contributed by atoms with Crippen LogP contribution in [-0.4, -0.2) is 19.1 Å². The minimum Gasteiger partial charge on any atom is -0.494 e. The first-order valence-electron chi connectivity index (χ1n) is 10.1. The van der Waals surface area contributed by atoms with Crippen molar-refractivity contribution in [1.82, 2.24) is 0 Å². The van der Waals surface area contributed by atoms with Crippen LogP contribution in [0.25, 0.3) is 6.08 Å². The molecule has 0 aliphatic carbocycles. The van der Waals surface area contributed by atoms with Crippen LogP contribution in [0.1, 0.15) is 35.3 Å². The average Bonchev–Trinajstić information content (AvgIpc) is 2.78. The maximum absolute atomic E-state index is 13.3. The minimum absolute atomic E-state index is 0.0190. The highest BCUT2D eigenvalue weighted by atomic mass is 16.5. The summed E-state index contributed by atoms with van der Waals surface area (Å²) in [6, 6.07) is 25.6. The molecule has 29 heavy (non-hydrogen) atoms. The van der Waals surface area contributed by atoms with Gasteiger partial charge in [0.05, 0.1) is 6.61 Å². The van der Waals surface area contributed by atoms with Gasteiger partial charge in [0.1, 0.15) is 5.75 Å². The van der Waals surface area contributed by atoms with Crippen LogP contribution in [0.5, 0.6) is 5.75 Å². The quantitative estimate of drug-likeness (QED) is 0.475. The van der Waals surface area contributed by atoms with Crippen LogP contribution in [0.2, 0.25) is 0 Å². The Morgan fingerprint density at radius 2 is 1.59 bits per heavy atom. The Bertz CT molecular complexity index is 929. The molecular formula is C26H27NO2. The first-order chi connectivity index (χ1) is 14.2. The fourth-order valence-corrected chi connectivity index (χ4v) is 3.09. The number of anilines is 1. The van der Waals surface area contributed by atoms with E-state index in [2.05, 4.69) is 6.92 Å². The van der Waals surface area contributed by atoms with E-state index < -0.39 is 0 Å². The molecule has 0 heterocycles. The number of aryl methyl sites for hydroxylation is 1. The van der Waals surface area contributed by atoms with Gasteiger partial charge in [-0.15, -0.1) is 0 Å². The van der Waals surface area contributed by atoms with Crippen LogP contribution < -0.4 is 9.64 Å². The van der Waals surface area contributed by atoms with Crippen LogP contribution in [0.15, 0.2) is 84.9 Å². The Morgan fingerprint density at radius 3 is 2.21 bits per heavy atom. The number of rotatable bonds is 8. The Balaban J connectivity index is 1.85. The second kappa shape index (κ2) is 10.3. The zero-order chi connectivity index (χ0) is 20.5. The predicted octanol–water partition coefficient (Wildman–Crippen LogP) is 6.01. The van der Waals surface area contributed by atoms with Gasteiger partial charge in [0.2, 0.25) is 0 Å². The van der Waals surface area contributed by atoms with Crippen LogP contribution in [0, 0.1) is 0 Å². The third kappa shape index (κ3) is 5.58. The molecule has 3 nitrogen and oxygen atoms in total. The standard InChI is InChI=1S/C26H27NO2/c1-3-21-12-14-23(15-13-21)26(28)27(20-8-11-22-9-6-5-7-10-22)24-16-18-25(19-17-24)29-4-2/h5-19H,3-4,20H2,1-2H3/b11-8+. The lowest BCUT2D eigenvalue weighted by Crippen LogP contribution is -2.31. The highest BCUT2D eigenvalue weighted by molar-refractivity contribution is 6.06. The second-order valence-electron chi connectivity index (χ2n) is 6.71. The van der Waals surface area contributed by atoms with E-state index in [9.17, 15) is 4.79 Å². The molecule has 0 saturated heterocycles. The summed E-state index contributed by atoms with van der Waals surface area (Å²) in [6.07, 6.45) is 5.01. The fourth-order valence-electron chi connectivity index (χ4n) is 3.09. The summed E-state index contributed by atoms with van der Waals surface area (Å²) in [4.78, 5) is 15.0. The highest BCUT2D eigenvalue weighted by Gasteiger charge is 2.17. The topological polar surface area (TPSA) is 29.5 Å². The number of amides is 1. The summed E-state index contributed by atoms with van der Waals surface area (Å²) in [5.74, 6) is 0.783. The van der Waals surface area contributed by atoms with Crippen molar-refractivity contribution < 1.29 is 9.53 Å². The fraction of sp³-hybridized carbons (Fsp3) is 0.192. The maximum atomic E-state index is 13.3. The maximum Gasteiger partial charge on any atom is 0.258 e. The average molecular weight is 386 g/mol. The lowest BCUT2D eigenvalue weighted by Gasteiger charge is -2.22. The first-order valence-corrected chi connectivity index (χ1v) is 10.1. The smallest absolute Gasteiger partial charge is 0.258 e. The van der Waals surface area contributed by atoms with Crippen molar-refractivity contribution >= 4 is 17.7 Å². The number of nitrogens with zero attached hydrogens (tertiary/aromatic N) is 1. The van der Waals surface area contributed by atoms with E-state index in [-0.39, 0.29) is 5.91 Å². The molecule has 0 unspecified atom stereocenters. The van der Waals surface area contributed by atoms with Gasteiger partial charge in [-0.2, -0.15) is 0 Å². The second-order valence-corrected chi connectivity index (χ2v) is 6.71. The van der Waals surface area contributed by atoms with Crippen LogP contribution in [0.3, 0.4) is 0 Å². The van der Waals surface area contributed by atoms with Gasteiger partial charge >= 0.3 is 0 Å². The third-order valence-electron chi connectivity index (χ3n) is 4.71. The van der Waals surface area contributed by atoms with Gasteiger partial charge in [-0.3, -0.25) is 4.79 Å².